The highest BCUT2D eigenvalue weighted by Crippen LogP contribution is 2.47. The zero-order chi connectivity index (χ0) is 53.5. The number of carbonyl (C=O) groups is 5. The van der Waals surface area contributed by atoms with Gasteiger partial charge in [-0.2, -0.15) is 0 Å². The average molecular weight is 993 g/mol. The predicted octanol–water partition coefficient (Wildman–Crippen LogP) is 10.3. The molecule has 0 unspecified atom stereocenters. The Kier molecular flexibility index (Phi) is 15.1. The lowest BCUT2D eigenvalue weighted by Crippen LogP contribution is -2.60. The van der Waals surface area contributed by atoms with Gasteiger partial charge < -0.3 is 45.0 Å². The van der Waals surface area contributed by atoms with Crippen LogP contribution < -0.4 is 21.3 Å². The van der Waals surface area contributed by atoms with Crippen molar-refractivity contribution in [1.29, 1.82) is 0 Å². The molecule has 1 aromatic rings. The van der Waals surface area contributed by atoms with Gasteiger partial charge in [-0.1, -0.05) is 27.7 Å². The summed E-state index contributed by atoms with van der Waals surface area (Å²) < 4.78 is 32.3. The van der Waals surface area contributed by atoms with Crippen LogP contribution in [0.25, 0.3) is 0 Å². The van der Waals surface area contributed by atoms with Crippen molar-refractivity contribution in [3.05, 3.63) is 33.9 Å². The highest BCUT2D eigenvalue weighted by molar-refractivity contribution is 6.19. The van der Waals surface area contributed by atoms with Crippen LogP contribution in [0.5, 0.6) is 0 Å². The van der Waals surface area contributed by atoms with Gasteiger partial charge in [0, 0.05) is 95.7 Å². The third kappa shape index (κ3) is 14.8. The van der Waals surface area contributed by atoms with Gasteiger partial charge in [0.15, 0.2) is 0 Å². The molecule has 4 heterocycles. The molecule has 1 aromatic carbocycles. The zero-order valence-corrected chi connectivity index (χ0v) is 47.3. The van der Waals surface area contributed by atoms with Gasteiger partial charge in [0.25, 0.3) is 0 Å². The van der Waals surface area contributed by atoms with E-state index in [-0.39, 0.29) is 16.4 Å². The molecule has 14 heteroatoms. The number of piperidine rings is 4. The standard InChI is InChI=1S/C57H92N4O10/c1-48(2)22-33(23-49(3,4)32-48)67-43(62)38-21-39(44(63)68-34-24-50(5,6)58-51(7,8)25-34)41(46(65)70-36-28-54(13,14)60-55(15,16)29-36)42(47(66)71-37-30-56(17,18)61-57(19,20)31-37)40(38)45(64)69-35-26-52(9,10)59-53(11,12)27-35/h21,33-37,58-61H,22-32H2,1-20H3. The maximum Gasteiger partial charge on any atom is 0.340 e. The van der Waals surface area contributed by atoms with Gasteiger partial charge in [0.2, 0.25) is 0 Å². The van der Waals surface area contributed by atoms with Crippen LogP contribution in [0.1, 0.15) is 261 Å². The molecule has 71 heavy (non-hydrogen) atoms. The Labute approximate surface area is 426 Å². The largest absolute Gasteiger partial charge is 0.459 e. The summed E-state index contributed by atoms with van der Waals surface area (Å²) in [6.07, 6.45) is 2.06. The summed E-state index contributed by atoms with van der Waals surface area (Å²) in [5.41, 5.74) is -6.40. The van der Waals surface area contributed by atoms with Gasteiger partial charge in [-0.25, -0.2) is 24.0 Å². The van der Waals surface area contributed by atoms with E-state index in [4.69, 9.17) is 23.7 Å². The van der Waals surface area contributed by atoms with Crippen LogP contribution in [0.15, 0.2) is 6.07 Å². The summed E-state index contributed by atoms with van der Waals surface area (Å²) in [4.78, 5) is 77.2. The van der Waals surface area contributed by atoms with E-state index in [1.165, 1.54) is 6.07 Å². The van der Waals surface area contributed by atoms with Gasteiger partial charge in [-0.05, 0) is 147 Å². The molecule has 4 saturated heterocycles. The van der Waals surface area contributed by atoms with E-state index in [9.17, 15) is 0 Å². The number of esters is 5. The van der Waals surface area contributed by atoms with Crippen LogP contribution in [0, 0.1) is 10.8 Å². The summed E-state index contributed by atoms with van der Waals surface area (Å²) >= 11 is 0. The number of ether oxygens (including phenoxy) is 5. The third-order valence-corrected chi connectivity index (χ3v) is 14.9. The van der Waals surface area contributed by atoms with Crippen LogP contribution in [0.2, 0.25) is 0 Å². The number of nitrogens with one attached hydrogen (secondary N) is 4. The minimum absolute atomic E-state index is 0.189. The Hall–Kier alpha value is -3.59. The Balaban J connectivity index is 1.62. The lowest BCUT2D eigenvalue weighted by Gasteiger charge is -2.46. The molecule has 0 bridgehead atoms. The molecule has 1 saturated carbocycles. The highest BCUT2D eigenvalue weighted by Gasteiger charge is 2.48. The molecule has 1 aliphatic carbocycles. The highest BCUT2D eigenvalue weighted by atomic mass is 16.6. The second kappa shape index (κ2) is 19.0. The fourth-order valence-electron chi connectivity index (χ4n) is 14.8. The van der Waals surface area contributed by atoms with Crippen molar-refractivity contribution in [3.8, 4) is 0 Å². The maximum atomic E-state index is 15.7. The first-order chi connectivity index (χ1) is 31.9. The van der Waals surface area contributed by atoms with E-state index in [0.29, 0.717) is 64.2 Å². The van der Waals surface area contributed by atoms with Crippen molar-refractivity contribution in [2.24, 2.45) is 10.8 Å². The number of rotatable bonds is 10. The number of carbonyl (C=O) groups excluding carboxylic acids is 5. The molecule has 5 aliphatic rings. The van der Waals surface area contributed by atoms with E-state index in [1.54, 1.807) is 0 Å². The SMILES string of the molecule is CC1(C)CC(OC(=O)c2cc(C(=O)OC3CC(C)(C)NC(C)(C)C3)c(C(=O)OC3CC(C)(C)NC(C)(C)C3)c(C(=O)OC3CC(C)(C)NC(C)(C)C3)c2C(=O)OC2CC(C)(C)NC(C)(C)C2)CC(C)(C)C1. The topological polar surface area (TPSA) is 180 Å². The third-order valence-electron chi connectivity index (χ3n) is 14.9. The van der Waals surface area contributed by atoms with Crippen molar-refractivity contribution in [3.63, 3.8) is 0 Å². The van der Waals surface area contributed by atoms with Crippen molar-refractivity contribution in [2.45, 2.75) is 284 Å². The molecule has 0 amide bonds. The van der Waals surface area contributed by atoms with E-state index in [1.807, 2.05) is 111 Å². The molecular weight excluding hydrogens is 901 g/mol. The second-order valence-corrected chi connectivity index (χ2v) is 29.4. The predicted molar refractivity (Wildman–Crippen MR) is 276 cm³/mol. The summed E-state index contributed by atoms with van der Waals surface area (Å²) in [5, 5.41) is 14.5. The molecule has 4 N–H and O–H groups in total. The van der Waals surface area contributed by atoms with Crippen LogP contribution in [-0.4, -0.2) is 105 Å². The number of hydrogen-bond acceptors (Lipinski definition) is 14. The number of benzene rings is 1. The molecule has 0 spiro atoms. The van der Waals surface area contributed by atoms with Crippen LogP contribution in [-0.2, 0) is 23.7 Å². The fraction of sp³-hybridized carbons (Fsp3) is 0.807. The minimum atomic E-state index is -1.06. The Morgan fingerprint density at radius 2 is 0.521 bits per heavy atom. The molecule has 0 aromatic heterocycles. The minimum Gasteiger partial charge on any atom is -0.459 e. The molecule has 0 radical (unpaired) electrons. The summed E-state index contributed by atoms with van der Waals surface area (Å²) in [7, 11) is 0. The number of hydrogen-bond donors (Lipinski definition) is 4. The quantitative estimate of drug-likeness (QED) is 0.128. The monoisotopic (exact) mass is 993 g/mol. The molecule has 400 valence electrons. The van der Waals surface area contributed by atoms with Crippen LogP contribution in [0.4, 0.5) is 0 Å². The van der Waals surface area contributed by atoms with Crippen molar-refractivity contribution in [2.75, 3.05) is 0 Å². The molecular formula is C57H92N4O10. The van der Waals surface area contributed by atoms with Gasteiger partial charge in [0.1, 0.15) is 30.5 Å². The average Bonchev–Trinajstić information content (AvgIpc) is 3.06. The summed E-state index contributed by atoms with van der Waals surface area (Å²) in [5.74, 6) is -4.98. The maximum absolute atomic E-state index is 15.7. The lowest BCUT2D eigenvalue weighted by molar-refractivity contribution is -0.0291. The molecule has 6 rings (SSSR count). The zero-order valence-electron chi connectivity index (χ0n) is 47.3. The van der Waals surface area contributed by atoms with E-state index in [2.05, 4.69) is 49.0 Å². The Bertz CT molecular complexity index is 2040. The molecule has 4 aliphatic heterocycles. The lowest BCUT2D eigenvalue weighted by atomic mass is 9.64. The van der Waals surface area contributed by atoms with Crippen LogP contribution >= 0.6 is 0 Å². The van der Waals surface area contributed by atoms with E-state index >= 15 is 24.0 Å². The van der Waals surface area contributed by atoms with Gasteiger partial charge >= 0.3 is 29.8 Å². The van der Waals surface area contributed by atoms with Crippen molar-refractivity contribution < 1.29 is 47.7 Å². The smallest absolute Gasteiger partial charge is 0.340 e. The summed E-state index contributed by atoms with van der Waals surface area (Å²) in [6.45, 7) is 41.0. The Morgan fingerprint density at radius 3 is 0.761 bits per heavy atom. The van der Waals surface area contributed by atoms with Gasteiger partial charge in [0.05, 0.1) is 27.8 Å². The Morgan fingerprint density at radius 1 is 0.324 bits per heavy atom. The van der Waals surface area contributed by atoms with Gasteiger partial charge in [-0.3, -0.25) is 0 Å². The first kappa shape index (κ1) is 56.7. The molecule has 14 nitrogen and oxygen atoms in total. The van der Waals surface area contributed by atoms with Crippen LogP contribution in [0.3, 0.4) is 0 Å². The van der Waals surface area contributed by atoms with Crippen molar-refractivity contribution >= 4 is 29.8 Å². The fourth-order valence-corrected chi connectivity index (χ4v) is 14.8. The second-order valence-electron chi connectivity index (χ2n) is 29.4. The molecule has 5 fully saturated rings. The van der Waals surface area contributed by atoms with Gasteiger partial charge in [-0.15, -0.1) is 0 Å². The summed E-state index contributed by atoms with van der Waals surface area (Å²) in [6, 6.07) is 1.20. The first-order valence-corrected chi connectivity index (χ1v) is 26.4. The first-order valence-electron chi connectivity index (χ1n) is 26.4. The van der Waals surface area contributed by atoms with Crippen molar-refractivity contribution in [1.82, 2.24) is 21.3 Å². The molecule has 0 atom stereocenters. The van der Waals surface area contributed by atoms with E-state index in [0.717, 1.165) is 6.42 Å². The normalized spacial score (nSPS) is 26.6. The van der Waals surface area contributed by atoms with E-state index < -0.39 is 127 Å².